The number of morpholine rings is 1. The molecule has 28 heavy (non-hydrogen) atoms. The summed E-state index contributed by atoms with van der Waals surface area (Å²) in [6.45, 7) is 8.80. The minimum atomic E-state index is 0.0481. The molecule has 0 unspecified atom stereocenters. The Morgan fingerprint density at radius 2 is 1.75 bits per heavy atom. The van der Waals surface area contributed by atoms with Gasteiger partial charge in [0.1, 0.15) is 0 Å². The maximum Gasteiger partial charge on any atom is 0.230 e. The van der Waals surface area contributed by atoms with Crippen LogP contribution in [0.15, 0.2) is 28.8 Å². The molecule has 7 nitrogen and oxygen atoms in total. The fraction of sp³-hybridized carbons (Fsp3) is 0.571. The van der Waals surface area contributed by atoms with E-state index in [0.29, 0.717) is 11.7 Å². The Balaban J connectivity index is 1.39. The van der Waals surface area contributed by atoms with Gasteiger partial charge in [0.05, 0.1) is 13.2 Å². The number of nitrogens with zero attached hydrogens (tertiary/aromatic N) is 4. The van der Waals surface area contributed by atoms with Crippen molar-refractivity contribution in [1.82, 2.24) is 15.0 Å². The molecule has 1 aromatic heterocycles. The van der Waals surface area contributed by atoms with Gasteiger partial charge in [-0.25, -0.2) is 0 Å². The molecule has 4 rings (SSSR count). The van der Waals surface area contributed by atoms with Crippen molar-refractivity contribution in [3.05, 3.63) is 30.2 Å². The molecule has 2 aliphatic heterocycles. The van der Waals surface area contributed by atoms with Crippen LogP contribution in [0.4, 0.5) is 5.69 Å². The second-order valence-corrected chi connectivity index (χ2v) is 7.86. The largest absolute Gasteiger partial charge is 0.378 e. The van der Waals surface area contributed by atoms with E-state index < -0.39 is 0 Å². The lowest BCUT2D eigenvalue weighted by atomic mass is 9.96. The fourth-order valence-corrected chi connectivity index (χ4v) is 3.87. The average molecular weight is 384 g/mol. The Morgan fingerprint density at radius 1 is 1.07 bits per heavy atom. The molecular formula is C21H28N4O3. The van der Waals surface area contributed by atoms with Gasteiger partial charge in [-0.05, 0) is 37.1 Å². The second kappa shape index (κ2) is 8.31. The maximum atomic E-state index is 12.1. The number of aromatic nitrogens is 2. The summed E-state index contributed by atoms with van der Waals surface area (Å²) in [4.78, 5) is 21.0. The molecule has 0 aliphatic carbocycles. The van der Waals surface area contributed by atoms with E-state index in [-0.39, 0.29) is 17.7 Å². The maximum absolute atomic E-state index is 12.1. The van der Waals surface area contributed by atoms with E-state index in [0.717, 1.165) is 57.8 Å². The van der Waals surface area contributed by atoms with E-state index in [1.54, 1.807) is 0 Å². The van der Waals surface area contributed by atoms with E-state index in [4.69, 9.17) is 9.26 Å². The normalized spacial score (nSPS) is 18.7. The molecule has 2 aliphatic rings. The van der Waals surface area contributed by atoms with Gasteiger partial charge in [0.2, 0.25) is 17.6 Å². The van der Waals surface area contributed by atoms with Gasteiger partial charge in [0, 0.05) is 49.3 Å². The molecule has 2 fully saturated rings. The van der Waals surface area contributed by atoms with Gasteiger partial charge < -0.3 is 19.1 Å². The summed E-state index contributed by atoms with van der Waals surface area (Å²) in [7, 11) is 0. The number of hydrogen-bond donors (Lipinski definition) is 0. The summed E-state index contributed by atoms with van der Waals surface area (Å²) in [6.07, 6.45) is 1.74. The van der Waals surface area contributed by atoms with Crippen LogP contribution in [0.5, 0.6) is 0 Å². The number of piperidine rings is 1. The number of hydrogen-bond acceptors (Lipinski definition) is 6. The third-order valence-corrected chi connectivity index (χ3v) is 5.59. The van der Waals surface area contributed by atoms with Crippen molar-refractivity contribution in [2.45, 2.75) is 32.6 Å². The number of anilines is 1. The van der Waals surface area contributed by atoms with Crippen molar-refractivity contribution in [2.75, 3.05) is 44.3 Å². The molecule has 7 heteroatoms. The van der Waals surface area contributed by atoms with Gasteiger partial charge in [-0.15, -0.1) is 0 Å². The number of benzene rings is 1. The first kappa shape index (κ1) is 18.9. The molecule has 2 saturated heterocycles. The smallest absolute Gasteiger partial charge is 0.230 e. The molecule has 3 heterocycles. The molecular weight excluding hydrogens is 356 g/mol. The van der Waals surface area contributed by atoms with Gasteiger partial charge in [0.15, 0.2) is 0 Å². The summed E-state index contributed by atoms with van der Waals surface area (Å²) in [5.41, 5.74) is 2.15. The molecule has 150 valence electrons. The van der Waals surface area contributed by atoms with Gasteiger partial charge in [0.25, 0.3) is 0 Å². The Labute approximate surface area is 165 Å². The zero-order valence-corrected chi connectivity index (χ0v) is 16.6. The van der Waals surface area contributed by atoms with Gasteiger partial charge in [-0.3, -0.25) is 4.79 Å². The topological polar surface area (TPSA) is 71.7 Å². The number of likely N-dealkylation sites (tertiary alicyclic amines) is 1. The number of carbonyl (C=O) groups excluding carboxylic acids is 1. The van der Waals surface area contributed by atoms with Crippen molar-refractivity contribution < 1.29 is 14.1 Å². The predicted molar refractivity (Wildman–Crippen MR) is 106 cm³/mol. The average Bonchev–Trinajstić information content (AvgIpc) is 3.24. The monoisotopic (exact) mass is 384 g/mol. The summed E-state index contributed by atoms with van der Waals surface area (Å²) >= 11 is 0. The number of rotatable bonds is 4. The lowest BCUT2D eigenvalue weighted by Gasteiger charge is -2.31. The number of ether oxygens (including phenoxy) is 1. The van der Waals surface area contributed by atoms with E-state index in [2.05, 4.69) is 27.2 Å². The van der Waals surface area contributed by atoms with E-state index in [1.807, 2.05) is 30.9 Å². The Hall–Kier alpha value is -2.41. The van der Waals surface area contributed by atoms with Gasteiger partial charge >= 0.3 is 0 Å². The first-order chi connectivity index (χ1) is 13.6. The molecule has 0 N–H and O–H groups in total. The molecule has 0 spiro atoms. The molecule has 0 saturated carbocycles. The van der Waals surface area contributed by atoms with Gasteiger partial charge in [-0.2, -0.15) is 4.98 Å². The second-order valence-electron chi connectivity index (χ2n) is 7.86. The Kier molecular flexibility index (Phi) is 5.62. The summed E-state index contributed by atoms with van der Waals surface area (Å²) in [5.74, 6) is 1.82. The summed E-state index contributed by atoms with van der Waals surface area (Å²) in [6, 6.07) is 8.30. The van der Waals surface area contributed by atoms with Crippen molar-refractivity contribution in [3.8, 4) is 11.4 Å². The van der Waals surface area contributed by atoms with Crippen LogP contribution in [0.3, 0.4) is 0 Å². The summed E-state index contributed by atoms with van der Waals surface area (Å²) in [5, 5.41) is 4.19. The zero-order valence-electron chi connectivity index (χ0n) is 16.6. The van der Waals surface area contributed by atoms with Crippen LogP contribution in [0, 0.1) is 5.92 Å². The van der Waals surface area contributed by atoms with Crippen LogP contribution in [0.25, 0.3) is 11.4 Å². The predicted octanol–water partition coefficient (Wildman–Crippen LogP) is 2.94. The third kappa shape index (κ3) is 4.04. The standard InChI is InChI=1S/C21H28N4O3/c1-15(2)21(26)25-9-7-17(8-10-25)20-22-19(23-28-20)16-3-5-18(6-4-16)24-11-13-27-14-12-24/h3-6,15,17H,7-14H2,1-2H3. The SMILES string of the molecule is CC(C)C(=O)N1CCC(c2nc(-c3ccc(N4CCOCC4)cc3)no2)CC1. The van der Waals surface area contributed by atoms with Gasteiger partial charge in [-0.1, -0.05) is 19.0 Å². The van der Waals surface area contributed by atoms with Crippen LogP contribution < -0.4 is 4.90 Å². The summed E-state index contributed by atoms with van der Waals surface area (Å²) < 4.78 is 11.0. The number of carbonyl (C=O) groups is 1. The van der Waals surface area contributed by atoms with Crippen LogP contribution in [-0.2, 0) is 9.53 Å². The minimum Gasteiger partial charge on any atom is -0.378 e. The fourth-order valence-electron chi connectivity index (χ4n) is 3.87. The lowest BCUT2D eigenvalue weighted by Crippen LogP contribution is -2.40. The first-order valence-corrected chi connectivity index (χ1v) is 10.2. The quantitative estimate of drug-likeness (QED) is 0.807. The highest BCUT2D eigenvalue weighted by atomic mass is 16.5. The molecule has 1 amide bonds. The third-order valence-electron chi connectivity index (χ3n) is 5.59. The minimum absolute atomic E-state index is 0.0481. The van der Waals surface area contributed by atoms with E-state index >= 15 is 0 Å². The Bertz CT molecular complexity index is 788. The van der Waals surface area contributed by atoms with Crippen molar-refractivity contribution >= 4 is 11.6 Å². The zero-order chi connectivity index (χ0) is 19.5. The van der Waals surface area contributed by atoms with Crippen molar-refractivity contribution in [3.63, 3.8) is 0 Å². The molecule has 0 radical (unpaired) electrons. The van der Waals surface area contributed by atoms with Crippen LogP contribution in [0.1, 0.15) is 38.5 Å². The lowest BCUT2D eigenvalue weighted by molar-refractivity contribution is -0.135. The first-order valence-electron chi connectivity index (χ1n) is 10.2. The highest BCUT2D eigenvalue weighted by Gasteiger charge is 2.28. The Morgan fingerprint density at radius 3 is 2.39 bits per heavy atom. The molecule has 1 aromatic carbocycles. The van der Waals surface area contributed by atoms with Crippen LogP contribution >= 0.6 is 0 Å². The van der Waals surface area contributed by atoms with E-state index in [1.165, 1.54) is 5.69 Å². The van der Waals surface area contributed by atoms with Crippen molar-refractivity contribution in [1.29, 1.82) is 0 Å². The van der Waals surface area contributed by atoms with Crippen LogP contribution in [-0.4, -0.2) is 60.3 Å². The molecule has 0 atom stereocenters. The van der Waals surface area contributed by atoms with Crippen LogP contribution in [0.2, 0.25) is 0 Å². The molecule has 0 bridgehead atoms. The van der Waals surface area contributed by atoms with E-state index in [9.17, 15) is 4.79 Å². The van der Waals surface area contributed by atoms with Crippen molar-refractivity contribution in [2.24, 2.45) is 5.92 Å². The highest BCUT2D eigenvalue weighted by Crippen LogP contribution is 2.29. The highest BCUT2D eigenvalue weighted by molar-refractivity contribution is 5.78. The molecule has 2 aromatic rings. The number of amides is 1.